The zero-order chi connectivity index (χ0) is 9.47. The topological polar surface area (TPSA) is 17.1 Å². The molecule has 0 aromatic rings. The Morgan fingerprint density at radius 3 is 2.92 bits per heavy atom. The highest BCUT2D eigenvalue weighted by atomic mass is 35.5. The van der Waals surface area contributed by atoms with Crippen molar-refractivity contribution in [3.05, 3.63) is 0 Å². The maximum Gasteiger partial charge on any atom is 0.151 e. The van der Waals surface area contributed by atoms with Crippen LogP contribution in [0.15, 0.2) is 0 Å². The van der Waals surface area contributed by atoms with Gasteiger partial charge in [-0.05, 0) is 30.6 Å². The van der Waals surface area contributed by atoms with Crippen LogP contribution in [0.4, 0.5) is 0 Å². The van der Waals surface area contributed by atoms with Crippen LogP contribution < -0.4 is 0 Å². The average molecular weight is 201 g/mol. The quantitative estimate of drug-likeness (QED) is 0.549. The van der Waals surface area contributed by atoms with Gasteiger partial charge < -0.3 is 0 Å². The maximum atomic E-state index is 11.5. The van der Waals surface area contributed by atoms with Crippen molar-refractivity contribution in [3.63, 3.8) is 0 Å². The lowest BCUT2D eigenvalue weighted by Crippen LogP contribution is -2.44. The molecule has 2 fully saturated rings. The van der Waals surface area contributed by atoms with E-state index in [2.05, 4.69) is 6.92 Å². The molecular formula is C11H17ClO. The van der Waals surface area contributed by atoms with E-state index in [9.17, 15) is 4.79 Å². The molecule has 0 heterocycles. The Morgan fingerprint density at radius 2 is 2.15 bits per heavy atom. The van der Waals surface area contributed by atoms with Crippen molar-refractivity contribution in [2.24, 2.45) is 11.3 Å². The zero-order valence-electron chi connectivity index (χ0n) is 8.18. The molecule has 0 aromatic heterocycles. The number of fused-ring (bicyclic) bond motifs is 1. The number of carbonyl (C=O) groups is 1. The van der Waals surface area contributed by atoms with Gasteiger partial charge in [0.2, 0.25) is 0 Å². The van der Waals surface area contributed by atoms with Crippen molar-refractivity contribution in [1.29, 1.82) is 0 Å². The number of Topliss-reactive ketones (excluding diaryl/α,β-unsaturated/α-hetero) is 1. The van der Waals surface area contributed by atoms with Crippen LogP contribution in [-0.2, 0) is 4.79 Å². The fourth-order valence-electron chi connectivity index (χ4n) is 3.01. The van der Waals surface area contributed by atoms with E-state index in [1.165, 1.54) is 19.3 Å². The normalized spacial score (nSPS) is 45.8. The minimum Gasteiger partial charge on any atom is -0.298 e. The Kier molecular flexibility index (Phi) is 2.39. The standard InChI is InChI=1S/C11H17ClO/c1-11-6-3-2-4-8(11)10(12)9(13)5-7-11/h8,10H,2-7H2,1H3/t8-,10?,11+/m1/s1. The first-order valence-electron chi connectivity index (χ1n) is 5.30. The van der Waals surface area contributed by atoms with Gasteiger partial charge in [0, 0.05) is 6.42 Å². The predicted octanol–water partition coefficient (Wildman–Crippen LogP) is 3.15. The van der Waals surface area contributed by atoms with Crippen LogP contribution in [0.3, 0.4) is 0 Å². The third kappa shape index (κ3) is 1.52. The third-order valence-electron chi connectivity index (χ3n) is 4.01. The van der Waals surface area contributed by atoms with Crippen LogP contribution >= 0.6 is 11.6 Å². The largest absolute Gasteiger partial charge is 0.298 e. The molecule has 2 heteroatoms. The van der Waals surface area contributed by atoms with E-state index in [1.807, 2.05) is 0 Å². The maximum absolute atomic E-state index is 11.5. The van der Waals surface area contributed by atoms with Gasteiger partial charge in [-0.25, -0.2) is 0 Å². The van der Waals surface area contributed by atoms with Crippen molar-refractivity contribution < 1.29 is 4.79 Å². The molecule has 3 atom stereocenters. The number of halogens is 1. The second-order valence-corrected chi connectivity index (χ2v) is 5.34. The van der Waals surface area contributed by atoms with E-state index in [0.717, 1.165) is 12.8 Å². The minimum absolute atomic E-state index is 0.181. The lowest BCUT2D eigenvalue weighted by Gasteiger charge is -2.46. The minimum atomic E-state index is -0.181. The summed E-state index contributed by atoms with van der Waals surface area (Å²) in [5.74, 6) is 0.746. The summed E-state index contributed by atoms with van der Waals surface area (Å²) in [6, 6.07) is 0. The van der Waals surface area contributed by atoms with E-state index >= 15 is 0 Å². The lowest BCUT2D eigenvalue weighted by molar-refractivity contribution is -0.125. The first-order valence-corrected chi connectivity index (χ1v) is 5.74. The summed E-state index contributed by atoms with van der Waals surface area (Å²) in [5.41, 5.74) is 0.374. The second kappa shape index (κ2) is 3.27. The molecule has 0 radical (unpaired) electrons. The van der Waals surface area contributed by atoms with Crippen molar-refractivity contribution in [2.45, 2.75) is 50.8 Å². The summed E-state index contributed by atoms with van der Waals surface area (Å²) in [6.07, 6.45) is 6.80. The third-order valence-corrected chi connectivity index (χ3v) is 4.56. The first kappa shape index (κ1) is 9.51. The van der Waals surface area contributed by atoms with Gasteiger partial charge in [0.15, 0.2) is 5.78 Å². The molecule has 0 aromatic carbocycles. The molecule has 13 heavy (non-hydrogen) atoms. The SMILES string of the molecule is C[C@@]12CCCC[C@@H]1C(Cl)C(=O)CC2. The number of carbonyl (C=O) groups excluding carboxylic acids is 1. The number of alkyl halides is 1. The second-order valence-electron chi connectivity index (χ2n) is 4.87. The molecule has 1 unspecified atom stereocenters. The summed E-state index contributed by atoms with van der Waals surface area (Å²) >= 11 is 6.18. The molecule has 0 bridgehead atoms. The monoisotopic (exact) mass is 200 g/mol. The van der Waals surface area contributed by atoms with Crippen LogP contribution in [0.2, 0.25) is 0 Å². The van der Waals surface area contributed by atoms with E-state index in [1.54, 1.807) is 0 Å². The Hall–Kier alpha value is -0.0400. The van der Waals surface area contributed by atoms with Crippen LogP contribution in [0.1, 0.15) is 45.4 Å². The van der Waals surface area contributed by atoms with E-state index in [-0.39, 0.29) is 11.2 Å². The first-order chi connectivity index (χ1) is 6.13. The molecule has 0 saturated heterocycles. The average Bonchev–Trinajstić information content (AvgIpc) is 2.12. The molecule has 2 saturated carbocycles. The Morgan fingerprint density at radius 1 is 1.38 bits per heavy atom. The van der Waals surface area contributed by atoms with E-state index in [4.69, 9.17) is 11.6 Å². The number of hydrogen-bond donors (Lipinski definition) is 0. The Balaban J connectivity index is 2.19. The number of hydrogen-bond acceptors (Lipinski definition) is 1. The van der Waals surface area contributed by atoms with E-state index < -0.39 is 0 Å². The molecular weight excluding hydrogens is 184 g/mol. The highest BCUT2D eigenvalue weighted by Crippen LogP contribution is 2.50. The van der Waals surface area contributed by atoms with Crippen LogP contribution in [0, 0.1) is 11.3 Å². The van der Waals surface area contributed by atoms with Crippen molar-refractivity contribution in [2.75, 3.05) is 0 Å². The zero-order valence-corrected chi connectivity index (χ0v) is 8.94. The molecule has 74 valence electrons. The van der Waals surface area contributed by atoms with Gasteiger partial charge in [0.25, 0.3) is 0 Å². The highest BCUT2D eigenvalue weighted by Gasteiger charge is 2.46. The van der Waals surface area contributed by atoms with Crippen LogP contribution in [0.5, 0.6) is 0 Å². The molecule has 2 aliphatic rings. The summed E-state index contributed by atoms with van der Waals surface area (Å²) < 4.78 is 0. The molecule has 2 rings (SSSR count). The summed E-state index contributed by atoms with van der Waals surface area (Å²) in [5, 5.41) is -0.181. The smallest absolute Gasteiger partial charge is 0.151 e. The fourth-order valence-corrected chi connectivity index (χ4v) is 3.55. The van der Waals surface area contributed by atoms with Gasteiger partial charge in [0.1, 0.15) is 0 Å². The molecule has 0 aliphatic heterocycles. The van der Waals surface area contributed by atoms with Gasteiger partial charge in [-0.1, -0.05) is 19.8 Å². The summed E-state index contributed by atoms with van der Waals surface area (Å²) in [7, 11) is 0. The fraction of sp³-hybridized carbons (Fsp3) is 0.909. The molecule has 2 aliphatic carbocycles. The highest BCUT2D eigenvalue weighted by molar-refractivity contribution is 6.31. The van der Waals surface area contributed by atoms with Crippen molar-refractivity contribution in [1.82, 2.24) is 0 Å². The molecule has 0 amide bonds. The van der Waals surface area contributed by atoms with Crippen LogP contribution in [0.25, 0.3) is 0 Å². The molecule has 1 nitrogen and oxygen atoms in total. The Labute approximate surface area is 84.8 Å². The van der Waals surface area contributed by atoms with Gasteiger partial charge >= 0.3 is 0 Å². The number of ketones is 1. The van der Waals surface area contributed by atoms with Gasteiger partial charge in [0.05, 0.1) is 5.38 Å². The molecule has 0 spiro atoms. The van der Waals surface area contributed by atoms with Gasteiger partial charge in [-0.2, -0.15) is 0 Å². The predicted molar refractivity (Wildman–Crippen MR) is 53.9 cm³/mol. The van der Waals surface area contributed by atoms with Gasteiger partial charge in [-0.3, -0.25) is 4.79 Å². The number of rotatable bonds is 0. The summed E-state index contributed by atoms with van der Waals surface area (Å²) in [6.45, 7) is 2.32. The molecule has 0 N–H and O–H groups in total. The van der Waals surface area contributed by atoms with E-state index in [0.29, 0.717) is 17.8 Å². The van der Waals surface area contributed by atoms with Crippen LogP contribution in [-0.4, -0.2) is 11.2 Å². The Bertz CT molecular complexity index is 226. The van der Waals surface area contributed by atoms with Gasteiger partial charge in [-0.15, -0.1) is 11.6 Å². The van der Waals surface area contributed by atoms with Crippen molar-refractivity contribution in [3.8, 4) is 0 Å². The summed E-state index contributed by atoms with van der Waals surface area (Å²) in [4.78, 5) is 11.5. The lowest BCUT2D eigenvalue weighted by atomic mass is 9.60. The van der Waals surface area contributed by atoms with Crippen molar-refractivity contribution >= 4 is 17.4 Å².